The Kier molecular flexibility index (Phi) is 6.67. The average Bonchev–Trinajstić information content (AvgIpc) is 3.64. The van der Waals surface area contributed by atoms with Gasteiger partial charge in [-0.3, -0.25) is 9.78 Å². The van der Waals surface area contributed by atoms with Gasteiger partial charge in [-0.15, -0.1) is 0 Å². The van der Waals surface area contributed by atoms with Gasteiger partial charge in [0.05, 0.1) is 17.8 Å². The van der Waals surface area contributed by atoms with E-state index in [1.165, 1.54) is 0 Å². The Morgan fingerprint density at radius 3 is 2.60 bits per heavy atom. The van der Waals surface area contributed by atoms with E-state index in [9.17, 15) is 4.79 Å². The lowest BCUT2D eigenvalue weighted by Crippen LogP contribution is -2.29. The van der Waals surface area contributed by atoms with Gasteiger partial charge in [0.2, 0.25) is 12.7 Å². The second-order valence-electron chi connectivity index (χ2n) is 10.1. The Hall–Kier alpha value is -4.37. The van der Waals surface area contributed by atoms with E-state index in [1.807, 2.05) is 62.5 Å². The smallest absolute Gasteiger partial charge is 0.231 e. The van der Waals surface area contributed by atoms with Crippen molar-refractivity contribution in [1.82, 2.24) is 14.9 Å². The van der Waals surface area contributed by atoms with Gasteiger partial charge in [-0.1, -0.05) is 13.0 Å². The number of hydrogen-bond donors (Lipinski definition) is 2. The Bertz CT molecular complexity index is 1620. The number of nitrogens with one attached hydrogen (secondary N) is 2. The van der Waals surface area contributed by atoms with Crippen molar-refractivity contribution in [3.8, 4) is 17.2 Å². The quantitative estimate of drug-likeness (QED) is 0.281. The zero-order valence-corrected chi connectivity index (χ0v) is 23.7. The van der Waals surface area contributed by atoms with Crippen molar-refractivity contribution < 1.29 is 14.3 Å². The van der Waals surface area contributed by atoms with E-state index in [1.54, 1.807) is 0 Å². The van der Waals surface area contributed by atoms with Gasteiger partial charge >= 0.3 is 0 Å². The van der Waals surface area contributed by atoms with Gasteiger partial charge in [0, 0.05) is 47.1 Å². The first kappa shape index (κ1) is 25.9. The second kappa shape index (κ2) is 10.3. The van der Waals surface area contributed by atoms with Crippen molar-refractivity contribution in [3.63, 3.8) is 0 Å². The SMILES string of the molecule is CCC(=O)Nc1ccc(N2C(=S)N[C@H](c3ccccn3)[C@@H]2c2cc(C)n(-c3ccc4c(c3)OCO4)c2C)cc1C. The number of rotatable bonds is 6. The summed E-state index contributed by atoms with van der Waals surface area (Å²) in [5, 5.41) is 7.16. The number of pyridine rings is 1. The molecule has 1 amide bonds. The van der Waals surface area contributed by atoms with Crippen LogP contribution in [0.15, 0.2) is 66.9 Å². The first-order valence-corrected chi connectivity index (χ1v) is 13.8. The van der Waals surface area contributed by atoms with Crippen molar-refractivity contribution in [2.45, 2.75) is 46.2 Å². The van der Waals surface area contributed by atoms with Gasteiger partial charge in [-0.25, -0.2) is 0 Å². The summed E-state index contributed by atoms with van der Waals surface area (Å²) in [4.78, 5) is 18.9. The number of carbonyl (C=O) groups excluding carboxylic acids is 1. The molecule has 2 N–H and O–H groups in total. The monoisotopic (exact) mass is 553 g/mol. The summed E-state index contributed by atoms with van der Waals surface area (Å²) >= 11 is 5.95. The molecule has 0 bridgehead atoms. The van der Waals surface area contributed by atoms with Gasteiger partial charge in [-0.05, 0) is 92.6 Å². The molecular formula is C31H31N5O3S. The standard InChI is InChI=1S/C31H31N5O3S/c1-5-28(37)33-24-11-9-21(14-18(24)2)36-30(29(34-31(36)40)25-8-6-7-13-32-25)23-15-19(3)35(20(23)4)22-10-12-26-27(16-22)39-17-38-26/h6-16,29-30H,5,17H2,1-4H3,(H,33,37)(H,34,40)/t29-,30+/m1/s1. The molecule has 0 unspecified atom stereocenters. The van der Waals surface area contributed by atoms with Gasteiger partial charge in [-0.2, -0.15) is 0 Å². The van der Waals surface area contributed by atoms with Crippen LogP contribution in [0.4, 0.5) is 11.4 Å². The number of fused-ring (bicyclic) bond motifs is 1. The number of aryl methyl sites for hydroxylation is 2. The Morgan fingerprint density at radius 1 is 1.05 bits per heavy atom. The largest absolute Gasteiger partial charge is 0.454 e. The molecule has 9 heteroatoms. The molecule has 2 aliphatic heterocycles. The maximum atomic E-state index is 12.0. The van der Waals surface area contributed by atoms with E-state index in [0.717, 1.165) is 56.8 Å². The molecule has 1 fully saturated rings. The van der Waals surface area contributed by atoms with Crippen molar-refractivity contribution in [2.75, 3.05) is 17.0 Å². The third-order valence-corrected chi connectivity index (χ3v) is 7.90. The fourth-order valence-electron chi connectivity index (χ4n) is 5.63. The van der Waals surface area contributed by atoms with Crippen molar-refractivity contribution in [2.24, 2.45) is 0 Å². The zero-order valence-electron chi connectivity index (χ0n) is 22.9. The van der Waals surface area contributed by atoms with Crippen LogP contribution in [-0.4, -0.2) is 27.4 Å². The first-order chi connectivity index (χ1) is 19.4. The highest BCUT2D eigenvalue weighted by atomic mass is 32.1. The van der Waals surface area contributed by atoms with Crippen LogP contribution in [0.1, 0.15) is 53.6 Å². The molecule has 1 saturated heterocycles. The van der Waals surface area contributed by atoms with E-state index in [0.29, 0.717) is 11.5 Å². The third-order valence-electron chi connectivity index (χ3n) is 7.58. The average molecular weight is 554 g/mol. The number of anilines is 2. The third kappa shape index (κ3) is 4.46. The summed E-state index contributed by atoms with van der Waals surface area (Å²) in [5.41, 5.74) is 7.96. The summed E-state index contributed by atoms with van der Waals surface area (Å²) in [6, 6.07) is 19.9. The molecule has 0 radical (unpaired) electrons. The minimum atomic E-state index is -0.167. The van der Waals surface area contributed by atoms with Crippen molar-refractivity contribution in [1.29, 1.82) is 0 Å². The molecule has 0 spiro atoms. The minimum Gasteiger partial charge on any atom is -0.454 e. The zero-order chi connectivity index (χ0) is 28.0. The van der Waals surface area contributed by atoms with Crippen LogP contribution in [0, 0.1) is 20.8 Å². The molecule has 2 aromatic heterocycles. The van der Waals surface area contributed by atoms with Gasteiger partial charge < -0.3 is 29.6 Å². The summed E-state index contributed by atoms with van der Waals surface area (Å²) in [6.45, 7) is 8.32. The maximum Gasteiger partial charge on any atom is 0.231 e. The summed E-state index contributed by atoms with van der Waals surface area (Å²) in [7, 11) is 0. The van der Waals surface area contributed by atoms with Crippen LogP contribution in [0.25, 0.3) is 5.69 Å². The molecule has 4 heterocycles. The highest BCUT2D eigenvalue weighted by Gasteiger charge is 2.42. The molecule has 4 aromatic rings. The fraction of sp³-hybridized carbons (Fsp3) is 0.258. The first-order valence-electron chi connectivity index (χ1n) is 13.4. The maximum absolute atomic E-state index is 12.0. The van der Waals surface area contributed by atoms with Crippen LogP contribution in [0.5, 0.6) is 11.5 Å². The molecule has 0 saturated carbocycles. The normalized spacial score (nSPS) is 17.7. The molecule has 40 heavy (non-hydrogen) atoms. The van der Waals surface area contributed by atoms with Crippen molar-refractivity contribution in [3.05, 3.63) is 95.1 Å². The van der Waals surface area contributed by atoms with E-state index in [-0.39, 0.29) is 24.8 Å². The number of aromatic nitrogens is 2. The highest BCUT2D eigenvalue weighted by molar-refractivity contribution is 7.80. The summed E-state index contributed by atoms with van der Waals surface area (Å²) in [6.07, 6.45) is 2.24. The van der Waals surface area contributed by atoms with Gasteiger partial charge in [0.1, 0.15) is 0 Å². The van der Waals surface area contributed by atoms with E-state index in [2.05, 4.69) is 52.1 Å². The van der Waals surface area contributed by atoms with Gasteiger partial charge in [0.15, 0.2) is 16.6 Å². The van der Waals surface area contributed by atoms with Crippen LogP contribution in [0.2, 0.25) is 0 Å². The number of benzene rings is 2. The minimum absolute atomic E-state index is 0.0155. The molecule has 2 aromatic carbocycles. The Morgan fingerprint density at radius 2 is 1.85 bits per heavy atom. The Balaban J connectivity index is 1.46. The molecule has 204 valence electrons. The molecule has 0 aliphatic carbocycles. The van der Waals surface area contributed by atoms with Crippen LogP contribution < -0.4 is 25.0 Å². The number of carbonyl (C=O) groups is 1. The summed E-state index contributed by atoms with van der Waals surface area (Å²) in [5.74, 6) is 1.49. The second-order valence-corrected chi connectivity index (χ2v) is 10.5. The van der Waals surface area contributed by atoms with Crippen LogP contribution >= 0.6 is 12.2 Å². The van der Waals surface area contributed by atoms with Gasteiger partial charge in [0.25, 0.3) is 0 Å². The molecule has 6 rings (SSSR count). The predicted molar refractivity (Wildman–Crippen MR) is 159 cm³/mol. The number of ether oxygens (including phenoxy) is 2. The lowest BCUT2D eigenvalue weighted by molar-refractivity contribution is -0.115. The fourth-order valence-corrected chi connectivity index (χ4v) is 5.98. The van der Waals surface area contributed by atoms with E-state index >= 15 is 0 Å². The Labute approximate surface area is 238 Å². The predicted octanol–water partition coefficient (Wildman–Crippen LogP) is 6.05. The number of thiocarbonyl (C=S) groups is 1. The molecule has 8 nitrogen and oxygen atoms in total. The van der Waals surface area contributed by atoms with Crippen LogP contribution in [0.3, 0.4) is 0 Å². The van der Waals surface area contributed by atoms with E-state index < -0.39 is 0 Å². The lowest BCUT2D eigenvalue weighted by Gasteiger charge is -2.29. The molecular weight excluding hydrogens is 522 g/mol. The molecule has 2 aliphatic rings. The summed E-state index contributed by atoms with van der Waals surface area (Å²) < 4.78 is 13.4. The molecule has 2 atom stereocenters. The number of nitrogens with zero attached hydrogens (tertiary/aromatic N) is 3. The topological polar surface area (TPSA) is 80.7 Å². The lowest BCUT2D eigenvalue weighted by atomic mass is 9.96. The van der Waals surface area contributed by atoms with E-state index in [4.69, 9.17) is 26.7 Å². The number of amides is 1. The van der Waals surface area contributed by atoms with Crippen molar-refractivity contribution >= 4 is 34.6 Å². The highest BCUT2D eigenvalue weighted by Crippen LogP contribution is 2.45. The number of hydrogen-bond acceptors (Lipinski definition) is 5. The van der Waals surface area contributed by atoms with Crippen LogP contribution in [-0.2, 0) is 4.79 Å².